The molecule has 0 aliphatic rings. The lowest BCUT2D eigenvalue weighted by Crippen LogP contribution is -2.26. The first-order chi connectivity index (χ1) is 9.66. The van der Waals surface area contributed by atoms with E-state index in [1.807, 2.05) is 30.3 Å². The monoisotopic (exact) mass is 269 g/mol. The molecule has 0 saturated heterocycles. The van der Waals surface area contributed by atoms with Gasteiger partial charge in [0, 0.05) is 6.04 Å². The van der Waals surface area contributed by atoms with Crippen LogP contribution in [0.5, 0.6) is 5.75 Å². The molecule has 0 heterocycles. The van der Waals surface area contributed by atoms with E-state index < -0.39 is 0 Å². The molecule has 0 aliphatic carbocycles. The van der Waals surface area contributed by atoms with Crippen molar-refractivity contribution >= 4 is 0 Å². The maximum Gasteiger partial charge on any atom is 0.119 e. The maximum atomic E-state index is 6.23. The van der Waals surface area contributed by atoms with Crippen LogP contribution in [-0.4, -0.2) is 12.6 Å². The van der Waals surface area contributed by atoms with Gasteiger partial charge in [0.25, 0.3) is 0 Å². The van der Waals surface area contributed by atoms with E-state index in [9.17, 15) is 0 Å². The minimum atomic E-state index is 0.138. The van der Waals surface area contributed by atoms with E-state index in [0.29, 0.717) is 6.61 Å². The zero-order valence-corrected chi connectivity index (χ0v) is 12.3. The number of rotatable bonds is 6. The summed E-state index contributed by atoms with van der Waals surface area (Å²) in [5.41, 5.74) is 10.2. The van der Waals surface area contributed by atoms with Crippen molar-refractivity contribution in [2.24, 2.45) is 5.73 Å². The second kappa shape index (κ2) is 7.11. The van der Waals surface area contributed by atoms with Gasteiger partial charge in [-0.25, -0.2) is 0 Å². The van der Waals surface area contributed by atoms with Gasteiger partial charge in [0.05, 0.1) is 6.61 Å². The molecule has 0 amide bonds. The summed E-state index contributed by atoms with van der Waals surface area (Å²) >= 11 is 0. The molecule has 2 rings (SSSR count). The smallest absolute Gasteiger partial charge is 0.119 e. The van der Waals surface area contributed by atoms with Crippen LogP contribution in [0.3, 0.4) is 0 Å². The lowest BCUT2D eigenvalue weighted by atomic mass is 9.96. The Kier molecular flexibility index (Phi) is 5.19. The fourth-order valence-electron chi connectivity index (χ4n) is 2.38. The normalized spacial score (nSPS) is 12.2. The number of hydrogen-bond acceptors (Lipinski definition) is 2. The third-order valence-electron chi connectivity index (χ3n) is 3.61. The Labute approximate surface area is 121 Å². The topological polar surface area (TPSA) is 35.2 Å². The summed E-state index contributed by atoms with van der Waals surface area (Å²) in [6, 6.07) is 16.4. The summed E-state index contributed by atoms with van der Waals surface area (Å²) in [7, 11) is 0. The van der Waals surface area contributed by atoms with Crippen LogP contribution in [0.15, 0.2) is 48.5 Å². The highest BCUT2D eigenvalue weighted by molar-refractivity contribution is 5.34. The van der Waals surface area contributed by atoms with Crippen LogP contribution >= 0.6 is 0 Å². The molecule has 0 saturated carbocycles. The van der Waals surface area contributed by atoms with Crippen molar-refractivity contribution in [2.45, 2.75) is 32.7 Å². The lowest BCUT2D eigenvalue weighted by Gasteiger charge is -2.16. The minimum absolute atomic E-state index is 0.138. The molecule has 0 bridgehead atoms. The number of ether oxygens (including phenoxy) is 1. The summed E-state index contributed by atoms with van der Waals surface area (Å²) in [6.45, 7) is 4.96. The molecule has 2 N–H and O–H groups in total. The predicted octanol–water partition coefficient (Wildman–Crippen LogP) is 3.64. The molecule has 2 aromatic carbocycles. The molecule has 106 valence electrons. The molecule has 1 atom stereocenters. The van der Waals surface area contributed by atoms with Gasteiger partial charge in [-0.3, -0.25) is 0 Å². The standard InChI is InChI=1S/C18H23NO/c1-14-7-6-8-15(2)18(14)13-16(19)11-12-20-17-9-4-3-5-10-17/h3-10,16H,11-13,19H2,1-2H3. The zero-order valence-electron chi connectivity index (χ0n) is 12.3. The number of nitrogens with two attached hydrogens (primary N) is 1. The summed E-state index contributed by atoms with van der Waals surface area (Å²) < 4.78 is 5.69. The Bertz CT molecular complexity index is 516. The number of para-hydroxylation sites is 1. The van der Waals surface area contributed by atoms with Gasteiger partial charge in [-0.2, -0.15) is 0 Å². The highest BCUT2D eigenvalue weighted by atomic mass is 16.5. The van der Waals surface area contributed by atoms with Crippen LogP contribution in [0, 0.1) is 13.8 Å². The van der Waals surface area contributed by atoms with Gasteiger partial charge in [-0.05, 0) is 55.5 Å². The van der Waals surface area contributed by atoms with Gasteiger partial charge in [0.15, 0.2) is 0 Å². The highest BCUT2D eigenvalue weighted by Crippen LogP contribution is 2.16. The molecule has 0 fully saturated rings. The zero-order chi connectivity index (χ0) is 14.4. The van der Waals surface area contributed by atoms with Crippen LogP contribution in [-0.2, 0) is 6.42 Å². The Hall–Kier alpha value is -1.80. The molecule has 2 heteroatoms. The summed E-state index contributed by atoms with van der Waals surface area (Å²) in [5.74, 6) is 0.909. The first-order valence-corrected chi connectivity index (χ1v) is 7.15. The van der Waals surface area contributed by atoms with E-state index >= 15 is 0 Å². The first-order valence-electron chi connectivity index (χ1n) is 7.15. The molecule has 0 radical (unpaired) electrons. The Morgan fingerprint density at radius 1 is 0.950 bits per heavy atom. The molecular formula is C18H23NO. The van der Waals surface area contributed by atoms with Crippen LogP contribution in [0.25, 0.3) is 0 Å². The predicted molar refractivity (Wildman–Crippen MR) is 84.1 cm³/mol. The van der Waals surface area contributed by atoms with Crippen molar-refractivity contribution in [1.29, 1.82) is 0 Å². The van der Waals surface area contributed by atoms with E-state index in [1.165, 1.54) is 16.7 Å². The van der Waals surface area contributed by atoms with Gasteiger partial charge in [0.2, 0.25) is 0 Å². The van der Waals surface area contributed by atoms with Crippen molar-refractivity contribution in [2.75, 3.05) is 6.61 Å². The Morgan fingerprint density at radius 3 is 2.25 bits per heavy atom. The first kappa shape index (κ1) is 14.6. The van der Waals surface area contributed by atoms with E-state index in [1.54, 1.807) is 0 Å². The van der Waals surface area contributed by atoms with Crippen molar-refractivity contribution in [3.63, 3.8) is 0 Å². The summed E-state index contributed by atoms with van der Waals surface area (Å²) in [4.78, 5) is 0. The molecule has 2 nitrogen and oxygen atoms in total. The van der Waals surface area contributed by atoms with Crippen molar-refractivity contribution in [3.8, 4) is 5.75 Å². The van der Waals surface area contributed by atoms with Gasteiger partial charge in [0.1, 0.15) is 5.75 Å². The fourth-order valence-corrected chi connectivity index (χ4v) is 2.38. The van der Waals surface area contributed by atoms with Crippen molar-refractivity contribution in [3.05, 3.63) is 65.2 Å². The molecule has 0 aromatic heterocycles. The van der Waals surface area contributed by atoms with E-state index in [4.69, 9.17) is 10.5 Å². The molecule has 0 aliphatic heterocycles. The maximum absolute atomic E-state index is 6.23. The second-order valence-electron chi connectivity index (χ2n) is 5.28. The van der Waals surface area contributed by atoms with Crippen LogP contribution in [0.4, 0.5) is 0 Å². The average Bonchev–Trinajstić information content (AvgIpc) is 2.44. The second-order valence-corrected chi connectivity index (χ2v) is 5.28. The molecule has 1 unspecified atom stereocenters. The van der Waals surface area contributed by atoms with E-state index in [2.05, 4.69) is 32.0 Å². The summed E-state index contributed by atoms with van der Waals surface area (Å²) in [6.07, 6.45) is 1.78. The van der Waals surface area contributed by atoms with E-state index in [-0.39, 0.29) is 6.04 Å². The average molecular weight is 269 g/mol. The lowest BCUT2D eigenvalue weighted by molar-refractivity contribution is 0.297. The van der Waals surface area contributed by atoms with Gasteiger partial charge in [-0.15, -0.1) is 0 Å². The number of aryl methyl sites for hydroxylation is 2. The quantitative estimate of drug-likeness (QED) is 0.869. The van der Waals surface area contributed by atoms with Gasteiger partial charge >= 0.3 is 0 Å². The SMILES string of the molecule is Cc1cccc(C)c1CC(N)CCOc1ccccc1. The van der Waals surface area contributed by atoms with Crippen LogP contribution < -0.4 is 10.5 Å². The van der Waals surface area contributed by atoms with Crippen LogP contribution in [0.2, 0.25) is 0 Å². The third kappa shape index (κ3) is 4.10. The van der Waals surface area contributed by atoms with E-state index in [0.717, 1.165) is 18.6 Å². The van der Waals surface area contributed by atoms with Gasteiger partial charge < -0.3 is 10.5 Å². The molecule has 2 aromatic rings. The summed E-state index contributed by atoms with van der Waals surface area (Å²) in [5, 5.41) is 0. The molecule has 0 spiro atoms. The van der Waals surface area contributed by atoms with Crippen molar-refractivity contribution in [1.82, 2.24) is 0 Å². The largest absolute Gasteiger partial charge is 0.494 e. The Morgan fingerprint density at radius 2 is 1.60 bits per heavy atom. The highest BCUT2D eigenvalue weighted by Gasteiger charge is 2.08. The van der Waals surface area contributed by atoms with Gasteiger partial charge in [-0.1, -0.05) is 36.4 Å². The van der Waals surface area contributed by atoms with Crippen molar-refractivity contribution < 1.29 is 4.74 Å². The molecular weight excluding hydrogens is 246 g/mol. The fraction of sp³-hybridized carbons (Fsp3) is 0.333. The minimum Gasteiger partial charge on any atom is -0.494 e. The van der Waals surface area contributed by atoms with Crippen LogP contribution in [0.1, 0.15) is 23.1 Å². The number of benzene rings is 2. The third-order valence-corrected chi connectivity index (χ3v) is 3.61. The molecule has 20 heavy (non-hydrogen) atoms. The number of hydrogen-bond donors (Lipinski definition) is 1. The Balaban J connectivity index is 1.82.